The van der Waals surface area contributed by atoms with Gasteiger partial charge in [0, 0.05) is 25.6 Å². The van der Waals surface area contributed by atoms with E-state index in [9.17, 15) is 13.2 Å². The van der Waals surface area contributed by atoms with Crippen LogP contribution < -0.4 is 10.6 Å². The van der Waals surface area contributed by atoms with E-state index in [1.807, 2.05) is 44.2 Å². The first-order chi connectivity index (χ1) is 13.8. The Balaban J connectivity index is 1.78. The minimum Gasteiger partial charge on any atom is -0.385 e. The van der Waals surface area contributed by atoms with E-state index in [0.717, 1.165) is 5.56 Å². The Morgan fingerprint density at radius 2 is 2.07 bits per heavy atom. The first-order valence-electron chi connectivity index (χ1n) is 10.1. The van der Waals surface area contributed by atoms with Gasteiger partial charge in [-0.25, -0.2) is 8.42 Å². The van der Waals surface area contributed by atoms with Crippen LogP contribution in [-0.2, 0) is 26.2 Å². The minimum absolute atomic E-state index is 0.0166. The van der Waals surface area contributed by atoms with Crippen LogP contribution in [0.4, 0.5) is 0 Å². The normalized spacial score (nSPS) is 25.1. The third kappa shape index (κ3) is 4.96. The fraction of sp³-hybridized carbons (Fsp3) is 0.600. The number of nitrogens with zero attached hydrogens (tertiary/aromatic N) is 2. The van der Waals surface area contributed by atoms with Crippen LogP contribution in [0.1, 0.15) is 39.2 Å². The Kier molecular flexibility index (Phi) is 6.60. The molecule has 0 unspecified atom stereocenters. The Labute approximate surface area is 172 Å². The molecule has 29 heavy (non-hydrogen) atoms. The Hall–Kier alpha value is -1.97. The second-order valence-electron chi connectivity index (χ2n) is 7.94. The fourth-order valence-corrected chi connectivity index (χ4v) is 4.97. The molecule has 0 saturated carbocycles. The molecule has 160 valence electrons. The molecule has 0 bridgehead atoms. The maximum absolute atomic E-state index is 12.5. The SMILES string of the molecule is CCS(=O)(=O)N1CC[C@@H](NCc2ccccc2)[C@@]2(CC(C(=O)NC(C)C)=NO2)C1. The number of nitrogens with one attached hydrogen (secondary N) is 2. The number of hydrogen-bond donors (Lipinski definition) is 2. The molecule has 1 saturated heterocycles. The summed E-state index contributed by atoms with van der Waals surface area (Å²) in [7, 11) is -3.36. The molecule has 0 aliphatic carbocycles. The minimum atomic E-state index is -3.36. The van der Waals surface area contributed by atoms with E-state index in [0.29, 0.717) is 25.2 Å². The van der Waals surface area contributed by atoms with Crippen LogP contribution in [0.25, 0.3) is 0 Å². The third-order valence-corrected chi connectivity index (χ3v) is 7.21. The maximum atomic E-state index is 12.5. The summed E-state index contributed by atoms with van der Waals surface area (Å²) in [5, 5.41) is 10.4. The van der Waals surface area contributed by atoms with Gasteiger partial charge in [-0.2, -0.15) is 4.31 Å². The van der Waals surface area contributed by atoms with Crippen molar-refractivity contribution in [1.29, 1.82) is 0 Å². The highest BCUT2D eigenvalue weighted by molar-refractivity contribution is 7.89. The predicted octanol–water partition coefficient (Wildman–Crippen LogP) is 1.24. The lowest BCUT2D eigenvalue weighted by atomic mass is 9.84. The highest BCUT2D eigenvalue weighted by atomic mass is 32.2. The van der Waals surface area contributed by atoms with E-state index >= 15 is 0 Å². The number of carbonyl (C=O) groups excluding carboxylic acids is 1. The highest BCUT2D eigenvalue weighted by Gasteiger charge is 2.52. The predicted molar refractivity (Wildman–Crippen MR) is 112 cm³/mol. The first kappa shape index (κ1) is 21.7. The van der Waals surface area contributed by atoms with Gasteiger partial charge in [-0.3, -0.25) is 4.79 Å². The Bertz CT molecular complexity index is 856. The van der Waals surface area contributed by atoms with Crippen molar-refractivity contribution < 1.29 is 18.0 Å². The van der Waals surface area contributed by atoms with Crippen molar-refractivity contribution in [2.45, 2.75) is 57.8 Å². The molecule has 1 amide bonds. The van der Waals surface area contributed by atoms with Gasteiger partial charge >= 0.3 is 0 Å². The Morgan fingerprint density at radius 3 is 2.72 bits per heavy atom. The van der Waals surface area contributed by atoms with Crippen LogP contribution in [0, 0.1) is 0 Å². The number of amides is 1. The summed E-state index contributed by atoms with van der Waals surface area (Å²) in [6.07, 6.45) is 0.856. The van der Waals surface area contributed by atoms with Crippen LogP contribution in [-0.4, -0.2) is 60.9 Å². The molecule has 1 spiro atoms. The van der Waals surface area contributed by atoms with E-state index < -0.39 is 15.6 Å². The van der Waals surface area contributed by atoms with Crippen LogP contribution >= 0.6 is 0 Å². The molecule has 8 nitrogen and oxygen atoms in total. The van der Waals surface area contributed by atoms with Crippen molar-refractivity contribution in [1.82, 2.24) is 14.9 Å². The first-order valence-corrected chi connectivity index (χ1v) is 11.7. The van der Waals surface area contributed by atoms with E-state index in [2.05, 4.69) is 15.8 Å². The largest absolute Gasteiger partial charge is 0.385 e. The zero-order valence-corrected chi connectivity index (χ0v) is 18.0. The molecule has 2 aliphatic rings. The zero-order chi connectivity index (χ0) is 21.1. The molecule has 2 N–H and O–H groups in total. The molecular formula is C20H30N4O4S. The average Bonchev–Trinajstić information content (AvgIpc) is 3.12. The number of sulfonamides is 1. The summed E-state index contributed by atoms with van der Waals surface area (Å²) >= 11 is 0. The smallest absolute Gasteiger partial charge is 0.269 e. The lowest BCUT2D eigenvalue weighted by Gasteiger charge is -2.43. The van der Waals surface area contributed by atoms with Gasteiger partial charge in [0.2, 0.25) is 10.0 Å². The molecule has 3 rings (SSSR count). The molecular weight excluding hydrogens is 392 g/mol. The number of hydrogen-bond acceptors (Lipinski definition) is 6. The molecule has 0 aromatic heterocycles. The molecule has 1 fully saturated rings. The van der Waals surface area contributed by atoms with Gasteiger partial charge in [0.25, 0.3) is 5.91 Å². The monoisotopic (exact) mass is 422 g/mol. The van der Waals surface area contributed by atoms with Gasteiger partial charge in [-0.15, -0.1) is 0 Å². The van der Waals surface area contributed by atoms with Gasteiger partial charge in [0.15, 0.2) is 5.60 Å². The van der Waals surface area contributed by atoms with Crippen molar-refractivity contribution in [3.05, 3.63) is 35.9 Å². The maximum Gasteiger partial charge on any atom is 0.269 e. The molecule has 9 heteroatoms. The van der Waals surface area contributed by atoms with E-state index in [-0.39, 0.29) is 36.7 Å². The molecule has 2 aliphatic heterocycles. The topological polar surface area (TPSA) is 100 Å². The van der Waals surface area contributed by atoms with Gasteiger partial charge in [0.05, 0.1) is 18.3 Å². The number of oxime groups is 1. The number of rotatable bonds is 7. The molecule has 0 radical (unpaired) electrons. The van der Waals surface area contributed by atoms with Crippen LogP contribution in [0.3, 0.4) is 0 Å². The third-order valence-electron chi connectivity index (χ3n) is 5.39. The average molecular weight is 423 g/mol. The van der Waals surface area contributed by atoms with E-state index in [1.54, 1.807) is 6.92 Å². The summed E-state index contributed by atoms with van der Waals surface area (Å²) in [6, 6.07) is 9.84. The fourth-order valence-electron chi connectivity index (χ4n) is 3.80. The summed E-state index contributed by atoms with van der Waals surface area (Å²) in [5.41, 5.74) is 0.544. The second kappa shape index (κ2) is 8.81. The van der Waals surface area contributed by atoms with Crippen LogP contribution in [0.2, 0.25) is 0 Å². The second-order valence-corrected chi connectivity index (χ2v) is 10.2. The van der Waals surface area contributed by atoms with E-state index in [1.165, 1.54) is 4.31 Å². The molecule has 1 aromatic rings. The van der Waals surface area contributed by atoms with Crippen molar-refractivity contribution in [3.63, 3.8) is 0 Å². The Morgan fingerprint density at radius 1 is 1.34 bits per heavy atom. The van der Waals surface area contributed by atoms with Crippen molar-refractivity contribution in [2.75, 3.05) is 18.8 Å². The number of carbonyl (C=O) groups is 1. The van der Waals surface area contributed by atoms with Crippen molar-refractivity contribution in [3.8, 4) is 0 Å². The summed E-state index contributed by atoms with van der Waals surface area (Å²) in [6.45, 7) is 6.62. The van der Waals surface area contributed by atoms with Gasteiger partial charge in [0.1, 0.15) is 5.71 Å². The van der Waals surface area contributed by atoms with E-state index in [4.69, 9.17) is 4.84 Å². The molecule has 2 heterocycles. The summed E-state index contributed by atoms with van der Waals surface area (Å²) < 4.78 is 26.4. The zero-order valence-electron chi connectivity index (χ0n) is 17.2. The standard InChI is InChI=1S/C20H30N4O4S/c1-4-29(26,27)24-11-10-18(21-13-16-8-6-5-7-9-16)20(14-24)12-17(23-28-20)19(25)22-15(2)3/h5-9,15,18,21H,4,10-14H2,1-3H3,(H,22,25)/t18-,20-/m1/s1. The molecule has 2 atom stereocenters. The van der Waals surface area contributed by atoms with Crippen LogP contribution in [0.15, 0.2) is 35.5 Å². The quantitative estimate of drug-likeness (QED) is 0.689. The van der Waals surface area contributed by atoms with Crippen molar-refractivity contribution in [2.24, 2.45) is 5.16 Å². The van der Waals surface area contributed by atoms with Gasteiger partial charge in [-0.05, 0) is 32.8 Å². The summed E-state index contributed by atoms with van der Waals surface area (Å²) in [4.78, 5) is 18.3. The lowest BCUT2D eigenvalue weighted by Crippen LogP contribution is -2.63. The highest BCUT2D eigenvalue weighted by Crippen LogP contribution is 2.35. The van der Waals surface area contributed by atoms with Gasteiger partial charge < -0.3 is 15.5 Å². The van der Waals surface area contributed by atoms with Crippen molar-refractivity contribution >= 4 is 21.6 Å². The summed E-state index contributed by atoms with van der Waals surface area (Å²) in [5.74, 6) is -0.235. The lowest BCUT2D eigenvalue weighted by molar-refractivity contribution is -0.115. The number of benzene rings is 1. The molecule has 1 aromatic carbocycles. The number of piperidine rings is 1. The van der Waals surface area contributed by atoms with Gasteiger partial charge in [-0.1, -0.05) is 35.5 Å². The van der Waals surface area contributed by atoms with Crippen LogP contribution in [0.5, 0.6) is 0 Å².